The number of hydrogen-bond donors (Lipinski definition) is 1. The largest absolute Gasteiger partial charge is 0.508 e. The van der Waals surface area contributed by atoms with Gasteiger partial charge in [0.25, 0.3) is 5.91 Å². The van der Waals surface area contributed by atoms with Gasteiger partial charge in [0.1, 0.15) is 6.33 Å². The number of aryl methyl sites for hydroxylation is 1. The molecule has 19 heavy (non-hydrogen) atoms. The van der Waals surface area contributed by atoms with Crippen LogP contribution in [0.25, 0.3) is 0 Å². The SMILES string of the molecule is CC1=C(C)C(C)(OC(=O)O)N(c2ncnn2C)C1=O. The number of anilines is 1. The van der Waals surface area contributed by atoms with Crippen LogP contribution in [0.4, 0.5) is 10.7 Å². The Balaban J connectivity index is 2.56. The Labute approximate surface area is 109 Å². The van der Waals surface area contributed by atoms with E-state index in [1.54, 1.807) is 20.9 Å². The van der Waals surface area contributed by atoms with E-state index in [1.807, 2.05) is 0 Å². The summed E-state index contributed by atoms with van der Waals surface area (Å²) in [7, 11) is 1.61. The van der Waals surface area contributed by atoms with Crippen LogP contribution >= 0.6 is 0 Å². The first-order valence-corrected chi connectivity index (χ1v) is 5.57. The van der Waals surface area contributed by atoms with Crippen molar-refractivity contribution in [1.29, 1.82) is 0 Å². The average Bonchev–Trinajstić information content (AvgIpc) is 2.77. The number of nitrogens with zero attached hydrogens (tertiary/aromatic N) is 4. The topological polar surface area (TPSA) is 97.6 Å². The highest BCUT2D eigenvalue weighted by Crippen LogP contribution is 2.38. The molecule has 8 nitrogen and oxygen atoms in total. The summed E-state index contributed by atoms with van der Waals surface area (Å²) in [5.41, 5.74) is -0.442. The van der Waals surface area contributed by atoms with Gasteiger partial charge in [-0.05, 0) is 19.4 Å². The molecule has 1 aliphatic heterocycles. The minimum atomic E-state index is -1.46. The van der Waals surface area contributed by atoms with Crippen molar-refractivity contribution >= 4 is 18.0 Å². The van der Waals surface area contributed by atoms with E-state index in [1.165, 1.54) is 22.8 Å². The van der Waals surface area contributed by atoms with Crippen molar-refractivity contribution in [3.05, 3.63) is 17.5 Å². The van der Waals surface area contributed by atoms with Crippen LogP contribution in [-0.4, -0.2) is 37.7 Å². The van der Waals surface area contributed by atoms with E-state index in [-0.39, 0.29) is 11.9 Å². The van der Waals surface area contributed by atoms with E-state index in [0.717, 1.165) is 0 Å². The standard InChI is InChI=1S/C11H14N4O4/c1-6-7(2)11(3,19-10(17)18)15(8(6)16)9-12-5-13-14(9)4/h5H,1-4H3,(H,17,18). The van der Waals surface area contributed by atoms with E-state index in [2.05, 4.69) is 10.1 Å². The molecule has 2 heterocycles. The van der Waals surface area contributed by atoms with Crippen molar-refractivity contribution in [2.24, 2.45) is 7.05 Å². The Bertz CT molecular complexity index is 591. The van der Waals surface area contributed by atoms with Gasteiger partial charge in [0.2, 0.25) is 11.7 Å². The molecule has 0 aliphatic carbocycles. The van der Waals surface area contributed by atoms with Crippen molar-refractivity contribution in [3.63, 3.8) is 0 Å². The Morgan fingerprint density at radius 1 is 1.47 bits per heavy atom. The van der Waals surface area contributed by atoms with E-state index < -0.39 is 11.9 Å². The monoisotopic (exact) mass is 266 g/mol. The van der Waals surface area contributed by atoms with Crippen LogP contribution in [0.15, 0.2) is 17.5 Å². The molecule has 0 spiro atoms. The number of rotatable bonds is 2. The highest BCUT2D eigenvalue weighted by atomic mass is 16.7. The predicted octanol–water partition coefficient (Wildman–Crippen LogP) is 0.909. The number of carboxylic acid groups (broad SMARTS) is 1. The molecule has 0 radical (unpaired) electrons. The maximum Gasteiger partial charge on any atom is 0.508 e. The molecule has 1 aliphatic rings. The molecule has 1 atom stereocenters. The van der Waals surface area contributed by atoms with Crippen molar-refractivity contribution in [3.8, 4) is 0 Å². The lowest BCUT2D eigenvalue weighted by Crippen LogP contribution is -2.50. The van der Waals surface area contributed by atoms with Gasteiger partial charge in [0.05, 0.1) is 0 Å². The molecule has 0 saturated heterocycles. The third-order valence-electron chi connectivity index (χ3n) is 3.38. The first-order chi connectivity index (χ1) is 8.79. The third-order valence-corrected chi connectivity index (χ3v) is 3.38. The molecular weight excluding hydrogens is 252 g/mol. The zero-order chi connectivity index (χ0) is 14.4. The molecule has 1 amide bonds. The molecular formula is C11H14N4O4. The van der Waals surface area contributed by atoms with Crippen LogP contribution in [0.2, 0.25) is 0 Å². The van der Waals surface area contributed by atoms with E-state index in [4.69, 9.17) is 9.84 Å². The number of carbonyl (C=O) groups excluding carboxylic acids is 1. The highest BCUT2D eigenvalue weighted by molar-refractivity contribution is 6.09. The van der Waals surface area contributed by atoms with Gasteiger partial charge in [0, 0.05) is 19.5 Å². The summed E-state index contributed by atoms with van der Waals surface area (Å²) in [4.78, 5) is 28.3. The zero-order valence-electron chi connectivity index (χ0n) is 11.0. The van der Waals surface area contributed by atoms with Gasteiger partial charge in [0.15, 0.2) is 0 Å². The van der Waals surface area contributed by atoms with Crippen molar-refractivity contribution in [2.75, 3.05) is 4.90 Å². The average molecular weight is 266 g/mol. The lowest BCUT2D eigenvalue weighted by molar-refractivity contribution is -0.117. The minimum Gasteiger partial charge on any atom is -0.450 e. The summed E-state index contributed by atoms with van der Waals surface area (Å²) in [6.07, 6.45) is -0.177. The number of aromatic nitrogens is 3. The second-order valence-electron chi connectivity index (χ2n) is 4.43. The second kappa shape index (κ2) is 4.08. The zero-order valence-corrected chi connectivity index (χ0v) is 11.0. The van der Waals surface area contributed by atoms with Crippen molar-refractivity contribution in [2.45, 2.75) is 26.5 Å². The van der Waals surface area contributed by atoms with Crippen LogP contribution in [0.5, 0.6) is 0 Å². The van der Waals surface area contributed by atoms with E-state index in [0.29, 0.717) is 11.1 Å². The fourth-order valence-corrected chi connectivity index (χ4v) is 2.10. The lowest BCUT2D eigenvalue weighted by Gasteiger charge is -2.33. The first kappa shape index (κ1) is 13.1. The summed E-state index contributed by atoms with van der Waals surface area (Å²) < 4.78 is 6.31. The maximum atomic E-state index is 12.3. The number of amides is 1. The molecule has 102 valence electrons. The molecule has 8 heteroatoms. The minimum absolute atomic E-state index is 0.227. The van der Waals surface area contributed by atoms with Crippen LogP contribution in [0.1, 0.15) is 20.8 Å². The van der Waals surface area contributed by atoms with Gasteiger partial charge < -0.3 is 9.84 Å². The Kier molecular flexibility index (Phi) is 2.80. The Morgan fingerprint density at radius 3 is 2.58 bits per heavy atom. The van der Waals surface area contributed by atoms with Crippen molar-refractivity contribution in [1.82, 2.24) is 14.8 Å². The van der Waals surface area contributed by atoms with Crippen LogP contribution in [-0.2, 0) is 16.6 Å². The Morgan fingerprint density at radius 2 is 2.11 bits per heavy atom. The van der Waals surface area contributed by atoms with Crippen LogP contribution < -0.4 is 4.90 Å². The van der Waals surface area contributed by atoms with Gasteiger partial charge in [-0.3, -0.25) is 4.79 Å². The first-order valence-electron chi connectivity index (χ1n) is 5.57. The van der Waals surface area contributed by atoms with Crippen LogP contribution in [0, 0.1) is 0 Å². The summed E-state index contributed by atoms with van der Waals surface area (Å²) in [6, 6.07) is 0. The molecule has 0 bridgehead atoms. The lowest BCUT2D eigenvalue weighted by atomic mass is 10.1. The molecule has 0 aromatic carbocycles. The third kappa shape index (κ3) is 1.76. The summed E-state index contributed by atoms with van der Waals surface area (Å²) in [6.45, 7) is 4.80. The summed E-state index contributed by atoms with van der Waals surface area (Å²) in [5.74, 6) is -0.123. The van der Waals surface area contributed by atoms with E-state index >= 15 is 0 Å². The second-order valence-corrected chi connectivity index (χ2v) is 4.43. The quantitative estimate of drug-likeness (QED) is 0.799. The highest BCUT2D eigenvalue weighted by Gasteiger charge is 2.50. The molecule has 1 aromatic rings. The predicted molar refractivity (Wildman–Crippen MR) is 64.4 cm³/mol. The van der Waals surface area contributed by atoms with Gasteiger partial charge >= 0.3 is 6.16 Å². The van der Waals surface area contributed by atoms with Gasteiger partial charge in [-0.2, -0.15) is 10.1 Å². The molecule has 1 unspecified atom stereocenters. The van der Waals surface area contributed by atoms with Gasteiger partial charge in [-0.15, -0.1) is 0 Å². The number of ether oxygens (including phenoxy) is 1. The smallest absolute Gasteiger partial charge is 0.450 e. The van der Waals surface area contributed by atoms with Crippen LogP contribution in [0.3, 0.4) is 0 Å². The Hall–Kier alpha value is -2.38. The van der Waals surface area contributed by atoms with Gasteiger partial charge in [-0.1, -0.05) is 0 Å². The number of hydrogen-bond acceptors (Lipinski definition) is 5. The summed E-state index contributed by atoms with van der Waals surface area (Å²) in [5, 5.41) is 12.8. The molecule has 0 saturated carbocycles. The molecule has 1 N–H and O–H groups in total. The maximum absolute atomic E-state index is 12.3. The fraction of sp³-hybridized carbons (Fsp3) is 0.455. The fourth-order valence-electron chi connectivity index (χ4n) is 2.10. The normalized spacial score (nSPS) is 23.2. The number of carbonyl (C=O) groups is 2. The van der Waals surface area contributed by atoms with Gasteiger partial charge in [-0.25, -0.2) is 14.4 Å². The van der Waals surface area contributed by atoms with E-state index in [9.17, 15) is 9.59 Å². The summed E-state index contributed by atoms with van der Waals surface area (Å²) >= 11 is 0. The molecule has 0 fully saturated rings. The molecule has 2 rings (SSSR count). The van der Waals surface area contributed by atoms with Crippen molar-refractivity contribution < 1.29 is 19.4 Å². The molecule has 1 aromatic heterocycles.